The highest BCUT2D eigenvalue weighted by Gasteiger charge is 2.24. The second kappa shape index (κ2) is 8.67. The zero-order valence-electron chi connectivity index (χ0n) is 18.5. The summed E-state index contributed by atoms with van der Waals surface area (Å²) < 4.78 is 20.9. The molecule has 1 aliphatic carbocycles. The number of hydrogen-bond acceptors (Lipinski definition) is 7. The Hall–Kier alpha value is -3.72. The fourth-order valence-electron chi connectivity index (χ4n) is 4.13. The Bertz CT molecular complexity index is 1250. The largest absolute Gasteiger partial charge is 0.421 e. The van der Waals surface area contributed by atoms with E-state index in [1.807, 2.05) is 49.1 Å². The molecule has 170 valence electrons. The first-order valence-electron chi connectivity index (χ1n) is 10.9. The van der Waals surface area contributed by atoms with Crippen molar-refractivity contribution in [1.82, 2.24) is 20.2 Å². The standard InChI is InChI=1S/C24H25FN6O2/c1-3-4-16-11-21(30-29-16)26-20-12-22(31-8-7-17(32)13-31)28-24(27-20)33-19-6-5-15-9-14(2)10-18(15)23(19)25/h3-6,10-12,17,32H,7-9,13H2,1-2H3,(H2,26,27,28,29,30)/b4-3+. The summed E-state index contributed by atoms with van der Waals surface area (Å²) in [5.41, 5.74) is 3.44. The fourth-order valence-corrected chi connectivity index (χ4v) is 4.13. The number of β-amino-alcohol motifs (C(OH)–C–C–N with tert-alkyl or cyclic N) is 1. The van der Waals surface area contributed by atoms with Gasteiger partial charge in [0, 0.05) is 30.8 Å². The van der Waals surface area contributed by atoms with Crippen LogP contribution in [0.3, 0.4) is 0 Å². The van der Waals surface area contributed by atoms with Gasteiger partial charge in [0.15, 0.2) is 17.4 Å². The predicted octanol–water partition coefficient (Wildman–Crippen LogP) is 4.44. The van der Waals surface area contributed by atoms with Crippen molar-refractivity contribution in [2.45, 2.75) is 32.8 Å². The van der Waals surface area contributed by atoms with Gasteiger partial charge in [0.1, 0.15) is 11.6 Å². The van der Waals surface area contributed by atoms with Crippen LogP contribution in [0, 0.1) is 5.82 Å². The number of halogens is 1. The molecule has 3 aromatic rings. The van der Waals surface area contributed by atoms with E-state index in [0.29, 0.717) is 42.5 Å². The summed E-state index contributed by atoms with van der Waals surface area (Å²) in [6.07, 6.45) is 6.62. The van der Waals surface area contributed by atoms with Crippen LogP contribution < -0.4 is 15.0 Å². The van der Waals surface area contributed by atoms with Crippen LogP contribution in [0.2, 0.25) is 0 Å². The first-order valence-corrected chi connectivity index (χ1v) is 10.9. The molecule has 1 saturated heterocycles. The number of nitrogens with one attached hydrogen (secondary N) is 2. The number of ether oxygens (including phenoxy) is 1. The molecule has 5 rings (SSSR count). The molecule has 3 N–H and O–H groups in total. The number of aromatic nitrogens is 4. The number of allylic oxidation sites excluding steroid dienone is 2. The van der Waals surface area contributed by atoms with Crippen molar-refractivity contribution < 1.29 is 14.2 Å². The molecular weight excluding hydrogens is 423 g/mol. The van der Waals surface area contributed by atoms with Crippen molar-refractivity contribution in [3.63, 3.8) is 0 Å². The number of rotatable bonds is 6. The zero-order chi connectivity index (χ0) is 22.9. The number of nitrogens with zero attached hydrogens (tertiary/aromatic N) is 4. The lowest BCUT2D eigenvalue weighted by Gasteiger charge is -2.18. The van der Waals surface area contributed by atoms with Crippen LogP contribution in [0.25, 0.3) is 12.2 Å². The molecule has 3 heterocycles. The second-order valence-corrected chi connectivity index (χ2v) is 8.34. The summed E-state index contributed by atoms with van der Waals surface area (Å²) in [4.78, 5) is 10.9. The first kappa shape index (κ1) is 21.1. The van der Waals surface area contributed by atoms with Crippen molar-refractivity contribution in [3.8, 4) is 11.8 Å². The summed E-state index contributed by atoms with van der Waals surface area (Å²) in [5, 5.41) is 20.3. The Morgan fingerprint density at radius 2 is 2.15 bits per heavy atom. The maximum atomic E-state index is 15.1. The van der Waals surface area contributed by atoms with Crippen LogP contribution in [-0.2, 0) is 6.42 Å². The van der Waals surface area contributed by atoms with Crippen LogP contribution >= 0.6 is 0 Å². The van der Waals surface area contributed by atoms with E-state index in [1.165, 1.54) is 0 Å². The van der Waals surface area contributed by atoms with Gasteiger partial charge in [-0.3, -0.25) is 5.10 Å². The van der Waals surface area contributed by atoms with Crippen molar-refractivity contribution in [2.75, 3.05) is 23.3 Å². The van der Waals surface area contributed by atoms with Gasteiger partial charge >= 0.3 is 6.01 Å². The predicted molar refractivity (Wildman–Crippen MR) is 125 cm³/mol. The molecule has 2 aliphatic rings. The molecule has 1 atom stereocenters. The van der Waals surface area contributed by atoms with Crippen molar-refractivity contribution in [2.24, 2.45) is 0 Å². The third-order valence-electron chi connectivity index (χ3n) is 5.68. The highest BCUT2D eigenvalue weighted by molar-refractivity contribution is 5.66. The Labute approximate surface area is 190 Å². The quantitative estimate of drug-likeness (QED) is 0.513. The van der Waals surface area contributed by atoms with Gasteiger partial charge in [-0.2, -0.15) is 15.1 Å². The zero-order valence-corrected chi connectivity index (χ0v) is 18.5. The molecule has 1 unspecified atom stereocenters. The molecule has 2 aromatic heterocycles. The van der Waals surface area contributed by atoms with Crippen LogP contribution in [0.1, 0.15) is 37.1 Å². The Morgan fingerprint density at radius 1 is 1.27 bits per heavy atom. The van der Waals surface area contributed by atoms with Gasteiger partial charge in [0.2, 0.25) is 0 Å². The maximum Gasteiger partial charge on any atom is 0.326 e. The lowest BCUT2D eigenvalue weighted by molar-refractivity contribution is 0.198. The van der Waals surface area contributed by atoms with E-state index >= 15 is 4.39 Å². The normalized spacial score (nSPS) is 17.5. The topological polar surface area (TPSA) is 99.2 Å². The van der Waals surface area contributed by atoms with Gasteiger partial charge in [-0.15, -0.1) is 0 Å². The molecule has 33 heavy (non-hydrogen) atoms. The molecule has 0 saturated carbocycles. The number of H-pyrrole nitrogens is 1. The molecule has 0 bridgehead atoms. The SMILES string of the molecule is C/C=C/c1cc(Nc2cc(N3CCC(O)C3)nc(Oc3ccc4c(c3F)C=C(C)C4)n2)n[nH]1. The number of aliphatic hydroxyl groups is 1. The summed E-state index contributed by atoms with van der Waals surface area (Å²) in [6.45, 7) is 5.02. The van der Waals surface area contributed by atoms with Crippen LogP contribution in [-0.4, -0.2) is 44.5 Å². The second-order valence-electron chi connectivity index (χ2n) is 8.34. The third kappa shape index (κ3) is 4.45. The Morgan fingerprint density at radius 3 is 2.94 bits per heavy atom. The van der Waals surface area contributed by atoms with Crippen molar-refractivity contribution >= 4 is 29.6 Å². The molecule has 0 radical (unpaired) electrons. The van der Waals surface area contributed by atoms with Crippen molar-refractivity contribution in [1.29, 1.82) is 0 Å². The van der Waals surface area contributed by atoms with Crippen LogP contribution in [0.5, 0.6) is 11.8 Å². The minimum absolute atomic E-state index is 0.0122. The number of aliphatic hydroxyl groups excluding tert-OH is 1. The van der Waals surface area contributed by atoms with E-state index in [2.05, 4.69) is 25.5 Å². The number of aromatic amines is 1. The molecule has 9 heteroatoms. The van der Waals surface area contributed by atoms with Gasteiger partial charge in [0.05, 0.1) is 11.8 Å². The number of benzene rings is 1. The molecule has 1 aromatic carbocycles. The number of fused-ring (bicyclic) bond motifs is 1. The third-order valence-corrected chi connectivity index (χ3v) is 5.68. The average molecular weight is 449 g/mol. The molecular formula is C24H25FN6O2. The van der Waals surface area contributed by atoms with Gasteiger partial charge in [-0.25, -0.2) is 4.39 Å². The van der Waals surface area contributed by atoms with E-state index in [1.54, 1.807) is 12.1 Å². The van der Waals surface area contributed by atoms with E-state index < -0.39 is 11.9 Å². The van der Waals surface area contributed by atoms with E-state index in [0.717, 1.165) is 23.3 Å². The summed E-state index contributed by atoms with van der Waals surface area (Å²) in [6, 6.07) is 7.10. The number of hydrogen-bond donors (Lipinski definition) is 3. The van der Waals surface area contributed by atoms with Gasteiger partial charge in [0.25, 0.3) is 0 Å². The lowest BCUT2D eigenvalue weighted by Crippen LogP contribution is -2.22. The molecule has 0 spiro atoms. The van der Waals surface area contributed by atoms with Crippen LogP contribution in [0.4, 0.5) is 21.8 Å². The summed E-state index contributed by atoms with van der Waals surface area (Å²) in [5.74, 6) is 1.25. The highest BCUT2D eigenvalue weighted by atomic mass is 19.1. The first-order chi connectivity index (χ1) is 16.0. The summed E-state index contributed by atoms with van der Waals surface area (Å²) in [7, 11) is 0. The Balaban J connectivity index is 1.47. The monoisotopic (exact) mass is 448 g/mol. The Kier molecular flexibility index (Phi) is 5.55. The molecule has 0 amide bonds. The summed E-state index contributed by atoms with van der Waals surface area (Å²) >= 11 is 0. The smallest absolute Gasteiger partial charge is 0.326 e. The maximum absolute atomic E-state index is 15.1. The number of anilines is 3. The van der Waals surface area contributed by atoms with Gasteiger partial charge in [-0.1, -0.05) is 23.8 Å². The van der Waals surface area contributed by atoms with Crippen molar-refractivity contribution in [3.05, 3.63) is 58.6 Å². The van der Waals surface area contributed by atoms with Gasteiger partial charge in [-0.05, 0) is 44.4 Å². The molecule has 1 aliphatic heterocycles. The van der Waals surface area contributed by atoms with Crippen LogP contribution in [0.15, 0.2) is 35.9 Å². The lowest BCUT2D eigenvalue weighted by atomic mass is 10.1. The molecule has 1 fully saturated rings. The average Bonchev–Trinajstić information content (AvgIpc) is 3.50. The minimum atomic E-state index is -0.423. The minimum Gasteiger partial charge on any atom is -0.421 e. The van der Waals surface area contributed by atoms with Gasteiger partial charge < -0.3 is 20.1 Å². The fraction of sp³-hybridized carbons (Fsp3) is 0.292. The highest BCUT2D eigenvalue weighted by Crippen LogP contribution is 2.34. The molecule has 8 nitrogen and oxygen atoms in total. The van der Waals surface area contributed by atoms with E-state index in [-0.39, 0.29) is 11.8 Å². The van der Waals surface area contributed by atoms with E-state index in [4.69, 9.17) is 4.74 Å². The van der Waals surface area contributed by atoms with E-state index in [9.17, 15) is 5.11 Å².